The highest BCUT2D eigenvalue weighted by molar-refractivity contribution is 5.60. The average Bonchev–Trinajstić information content (AvgIpc) is 2.69. The van der Waals surface area contributed by atoms with Gasteiger partial charge in [-0.3, -0.25) is 0 Å². The molecule has 0 radical (unpaired) electrons. The predicted molar refractivity (Wildman–Crippen MR) is 107 cm³/mol. The van der Waals surface area contributed by atoms with E-state index in [1.807, 2.05) is 0 Å². The van der Waals surface area contributed by atoms with E-state index in [2.05, 4.69) is 103 Å². The summed E-state index contributed by atoms with van der Waals surface area (Å²) < 4.78 is 4.47. The summed E-state index contributed by atoms with van der Waals surface area (Å²) in [7, 11) is 0. The number of benzene rings is 1. The van der Waals surface area contributed by atoms with Crippen LogP contribution < -0.4 is 9.13 Å². The average molecular weight is 347 g/mol. The topological polar surface area (TPSA) is 7.76 Å². The number of aromatic nitrogens is 2. The van der Waals surface area contributed by atoms with Gasteiger partial charge in [0.15, 0.2) is 31.3 Å². The second-order valence-corrected chi connectivity index (χ2v) is 7.13. The number of hydrogen-bond acceptors (Lipinski definition) is 0. The van der Waals surface area contributed by atoms with Crippen LogP contribution >= 0.6 is 0 Å². The molecule has 0 saturated heterocycles. The van der Waals surface area contributed by atoms with Crippen LogP contribution in [-0.4, -0.2) is 0 Å². The van der Waals surface area contributed by atoms with E-state index in [0.717, 1.165) is 19.5 Å². The van der Waals surface area contributed by atoms with E-state index < -0.39 is 0 Å². The first-order chi connectivity index (χ1) is 12.7. The Morgan fingerprint density at radius 3 is 1.77 bits per heavy atom. The van der Waals surface area contributed by atoms with Gasteiger partial charge in [-0.1, -0.05) is 45.0 Å². The van der Waals surface area contributed by atoms with Crippen molar-refractivity contribution in [3.05, 3.63) is 84.4 Å². The Labute approximate surface area is 157 Å². The molecular formula is C24H30N2+2. The zero-order valence-electron chi connectivity index (χ0n) is 16.2. The zero-order valence-corrected chi connectivity index (χ0v) is 16.2. The van der Waals surface area contributed by atoms with Crippen molar-refractivity contribution in [1.29, 1.82) is 0 Å². The van der Waals surface area contributed by atoms with E-state index in [-0.39, 0.29) is 0 Å². The van der Waals surface area contributed by atoms with Gasteiger partial charge in [0.25, 0.3) is 0 Å². The number of nitrogens with zero attached hydrogens (tertiary/aromatic N) is 2. The lowest BCUT2D eigenvalue weighted by Gasteiger charge is -2.09. The number of aryl methyl sites for hydroxylation is 1. The Kier molecular flexibility index (Phi) is 6.17. The minimum absolute atomic E-state index is 0.637. The molecule has 0 aliphatic carbocycles. The third-order valence-corrected chi connectivity index (χ3v) is 5.12. The van der Waals surface area contributed by atoms with Crippen molar-refractivity contribution in [1.82, 2.24) is 0 Å². The van der Waals surface area contributed by atoms with Crippen LogP contribution in [0.1, 0.15) is 50.7 Å². The summed E-state index contributed by atoms with van der Waals surface area (Å²) in [4.78, 5) is 0. The first-order valence-corrected chi connectivity index (χ1v) is 9.77. The fourth-order valence-corrected chi connectivity index (χ4v) is 3.21. The van der Waals surface area contributed by atoms with Gasteiger partial charge in [0.2, 0.25) is 0 Å². The molecule has 3 aromatic rings. The van der Waals surface area contributed by atoms with E-state index in [1.165, 1.54) is 28.7 Å². The molecule has 0 spiro atoms. The molecule has 2 aromatic heterocycles. The molecule has 0 amide bonds. The van der Waals surface area contributed by atoms with Gasteiger partial charge in [0, 0.05) is 36.2 Å². The molecule has 1 unspecified atom stereocenters. The number of pyridine rings is 2. The summed E-state index contributed by atoms with van der Waals surface area (Å²) in [6, 6.07) is 17.9. The maximum atomic E-state index is 2.29. The van der Waals surface area contributed by atoms with Gasteiger partial charge in [0.1, 0.15) is 6.54 Å². The van der Waals surface area contributed by atoms with Gasteiger partial charge in [-0.2, -0.15) is 0 Å². The molecule has 2 heteroatoms. The van der Waals surface area contributed by atoms with Gasteiger partial charge >= 0.3 is 0 Å². The van der Waals surface area contributed by atoms with Crippen molar-refractivity contribution in [2.45, 2.75) is 52.6 Å². The lowest BCUT2D eigenvalue weighted by atomic mass is 9.98. The maximum absolute atomic E-state index is 2.29. The van der Waals surface area contributed by atoms with Crippen LogP contribution in [0.5, 0.6) is 0 Å². The van der Waals surface area contributed by atoms with Crippen molar-refractivity contribution in [3.63, 3.8) is 0 Å². The first-order valence-electron chi connectivity index (χ1n) is 9.77. The van der Waals surface area contributed by atoms with E-state index in [4.69, 9.17) is 0 Å². The highest BCUT2D eigenvalue weighted by atomic mass is 14.9. The van der Waals surface area contributed by atoms with Crippen molar-refractivity contribution in [2.75, 3.05) is 0 Å². The summed E-state index contributed by atoms with van der Waals surface area (Å²) >= 11 is 0. The molecule has 26 heavy (non-hydrogen) atoms. The molecule has 0 aliphatic rings. The monoisotopic (exact) mass is 346 g/mol. The quantitative estimate of drug-likeness (QED) is 0.538. The van der Waals surface area contributed by atoms with Gasteiger partial charge in [-0.05, 0) is 29.0 Å². The third-order valence-electron chi connectivity index (χ3n) is 5.12. The van der Waals surface area contributed by atoms with Crippen LogP contribution in [-0.2, 0) is 13.1 Å². The Balaban J connectivity index is 1.67. The molecule has 0 aliphatic heterocycles. The summed E-state index contributed by atoms with van der Waals surface area (Å²) in [5.74, 6) is 0.637. The van der Waals surface area contributed by atoms with Gasteiger partial charge in [-0.25, -0.2) is 9.13 Å². The lowest BCUT2D eigenvalue weighted by Crippen LogP contribution is -2.33. The molecular weight excluding hydrogens is 316 g/mol. The van der Waals surface area contributed by atoms with Crippen LogP contribution in [0.25, 0.3) is 11.1 Å². The smallest absolute Gasteiger partial charge is 0.173 e. The van der Waals surface area contributed by atoms with E-state index >= 15 is 0 Å². The molecule has 1 aromatic carbocycles. The van der Waals surface area contributed by atoms with Crippen molar-refractivity contribution < 1.29 is 9.13 Å². The summed E-state index contributed by atoms with van der Waals surface area (Å²) in [6.07, 6.45) is 11.0. The number of hydrogen-bond donors (Lipinski definition) is 0. The zero-order chi connectivity index (χ0) is 18.4. The SMILES string of the molecule is CCC[n+]1ccc(-c2cc[n+](Cc3ccc(C(C)CC)cc3)cc2)cc1. The molecule has 2 heterocycles. The Hall–Kier alpha value is -2.48. The number of rotatable bonds is 7. The summed E-state index contributed by atoms with van der Waals surface area (Å²) in [5.41, 5.74) is 5.30. The largest absolute Gasteiger partial charge is 0.205 e. The minimum Gasteiger partial charge on any atom is -0.205 e. The lowest BCUT2D eigenvalue weighted by molar-refractivity contribution is -0.696. The van der Waals surface area contributed by atoms with Crippen molar-refractivity contribution >= 4 is 0 Å². The summed E-state index contributed by atoms with van der Waals surface area (Å²) in [5, 5.41) is 0. The van der Waals surface area contributed by atoms with E-state index in [0.29, 0.717) is 5.92 Å². The minimum atomic E-state index is 0.637. The summed E-state index contributed by atoms with van der Waals surface area (Å²) in [6.45, 7) is 8.72. The standard InChI is InChI=1S/C24H30N2/c1-4-14-25-15-10-23(11-16-25)24-12-17-26(18-13-24)19-21-6-8-22(9-7-21)20(3)5-2/h6-13,15-18,20H,4-5,14,19H2,1-3H3/q+2. The van der Waals surface area contributed by atoms with Crippen LogP contribution in [0.15, 0.2) is 73.3 Å². The fourth-order valence-electron chi connectivity index (χ4n) is 3.21. The second kappa shape index (κ2) is 8.75. The molecule has 2 nitrogen and oxygen atoms in total. The molecule has 1 atom stereocenters. The molecule has 0 fully saturated rings. The second-order valence-electron chi connectivity index (χ2n) is 7.13. The van der Waals surface area contributed by atoms with Crippen LogP contribution in [0.4, 0.5) is 0 Å². The highest BCUT2D eigenvalue weighted by Gasteiger charge is 2.07. The fraction of sp³-hybridized carbons (Fsp3) is 0.333. The van der Waals surface area contributed by atoms with E-state index in [9.17, 15) is 0 Å². The van der Waals surface area contributed by atoms with Crippen molar-refractivity contribution in [3.8, 4) is 11.1 Å². The normalized spacial score (nSPS) is 12.1. The maximum Gasteiger partial charge on any atom is 0.173 e. The Bertz CT molecular complexity index is 802. The molecule has 3 rings (SSSR count). The van der Waals surface area contributed by atoms with E-state index in [1.54, 1.807) is 0 Å². The highest BCUT2D eigenvalue weighted by Crippen LogP contribution is 2.19. The molecule has 0 N–H and O–H groups in total. The molecule has 0 saturated carbocycles. The predicted octanol–water partition coefficient (Wildman–Crippen LogP) is 4.90. The van der Waals surface area contributed by atoms with Crippen LogP contribution in [0.3, 0.4) is 0 Å². The van der Waals surface area contributed by atoms with Gasteiger partial charge < -0.3 is 0 Å². The third kappa shape index (κ3) is 4.57. The Morgan fingerprint density at radius 2 is 1.27 bits per heavy atom. The van der Waals surface area contributed by atoms with Crippen LogP contribution in [0.2, 0.25) is 0 Å². The molecule has 0 bridgehead atoms. The van der Waals surface area contributed by atoms with Crippen molar-refractivity contribution in [2.24, 2.45) is 0 Å². The molecule has 134 valence electrons. The first kappa shape index (κ1) is 18.3. The Morgan fingerprint density at radius 1 is 0.731 bits per heavy atom. The van der Waals surface area contributed by atoms with Gasteiger partial charge in [-0.15, -0.1) is 0 Å². The van der Waals surface area contributed by atoms with Gasteiger partial charge in [0.05, 0.1) is 0 Å². The van der Waals surface area contributed by atoms with Crippen LogP contribution in [0, 0.1) is 0 Å².